The first-order valence-electron chi connectivity index (χ1n) is 10.5. The van der Waals surface area contributed by atoms with Crippen molar-refractivity contribution in [2.24, 2.45) is 7.05 Å². The number of hydrogen-bond donors (Lipinski definition) is 2. The molecular weight excluding hydrogens is 417 g/mol. The van der Waals surface area contributed by atoms with Gasteiger partial charge in [0.25, 0.3) is 0 Å². The van der Waals surface area contributed by atoms with Crippen molar-refractivity contribution in [1.82, 2.24) is 29.6 Å². The van der Waals surface area contributed by atoms with Gasteiger partial charge in [0.15, 0.2) is 11.5 Å². The highest BCUT2D eigenvalue weighted by Gasteiger charge is 2.31. The number of carbonyl (C=O) groups excluding carboxylic acids is 1. The molecule has 4 rings (SSSR count). The molecule has 32 heavy (non-hydrogen) atoms. The van der Waals surface area contributed by atoms with Crippen molar-refractivity contribution < 1.29 is 13.9 Å². The fourth-order valence-corrected chi connectivity index (χ4v) is 3.85. The van der Waals surface area contributed by atoms with Gasteiger partial charge in [-0.25, -0.2) is 14.2 Å². The zero-order valence-electron chi connectivity index (χ0n) is 18.2. The monoisotopic (exact) mass is 443 g/mol. The van der Waals surface area contributed by atoms with Gasteiger partial charge in [0.2, 0.25) is 11.8 Å². The number of piperazine rings is 1. The topological polar surface area (TPSA) is 127 Å². The predicted octanol–water partition coefficient (Wildman–Crippen LogP) is 2.01. The van der Waals surface area contributed by atoms with Crippen molar-refractivity contribution in [1.29, 1.82) is 0 Å². The molecule has 1 aliphatic heterocycles. The third-order valence-electron chi connectivity index (χ3n) is 5.44. The molecule has 2 amide bonds. The average Bonchev–Trinajstić information content (AvgIpc) is 3.15. The average molecular weight is 443 g/mol. The minimum Gasteiger partial charge on any atom is -0.476 e. The summed E-state index contributed by atoms with van der Waals surface area (Å²) in [5.41, 5.74) is 6.87. The van der Waals surface area contributed by atoms with Gasteiger partial charge in [-0.2, -0.15) is 15.1 Å². The molecule has 3 aromatic rings. The van der Waals surface area contributed by atoms with Gasteiger partial charge in [-0.3, -0.25) is 4.68 Å². The van der Waals surface area contributed by atoms with Crippen molar-refractivity contribution in [3.05, 3.63) is 24.3 Å². The van der Waals surface area contributed by atoms with E-state index in [1.54, 1.807) is 29.7 Å². The van der Waals surface area contributed by atoms with Crippen molar-refractivity contribution in [2.75, 3.05) is 42.2 Å². The number of fused-ring (bicyclic) bond motifs is 1. The van der Waals surface area contributed by atoms with Crippen LogP contribution in [0.3, 0.4) is 0 Å². The zero-order chi connectivity index (χ0) is 22.8. The number of nitrogens with one attached hydrogen (secondary N) is 1. The van der Waals surface area contributed by atoms with Crippen molar-refractivity contribution in [2.45, 2.75) is 26.3 Å². The van der Waals surface area contributed by atoms with Gasteiger partial charge in [0.05, 0.1) is 30.1 Å². The van der Waals surface area contributed by atoms with Crippen LogP contribution in [-0.4, -0.2) is 67.9 Å². The highest BCUT2D eigenvalue weighted by Crippen LogP contribution is 2.28. The third kappa shape index (κ3) is 4.07. The summed E-state index contributed by atoms with van der Waals surface area (Å²) in [7, 11) is 1.80. The first-order chi connectivity index (χ1) is 15.4. The van der Waals surface area contributed by atoms with Gasteiger partial charge >= 0.3 is 6.03 Å². The van der Waals surface area contributed by atoms with Crippen LogP contribution in [0.15, 0.2) is 18.5 Å². The molecule has 0 saturated carbocycles. The maximum atomic E-state index is 14.1. The molecule has 12 heteroatoms. The number of ether oxygens (including phenoxy) is 1. The van der Waals surface area contributed by atoms with Crippen molar-refractivity contribution >= 4 is 34.5 Å². The molecule has 0 spiro atoms. The first kappa shape index (κ1) is 21.5. The van der Waals surface area contributed by atoms with Gasteiger partial charge < -0.3 is 25.6 Å². The summed E-state index contributed by atoms with van der Waals surface area (Å²) < 4.78 is 20.8. The van der Waals surface area contributed by atoms with Gasteiger partial charge in [-0.1, -0.05) is 6.92 Å². The molecule has 0 aromatic carbocycles. The lowest BCUT2D eigenvalue weighted by molar-refractivity contribution is 0.197. The smallest absolute Gasteiger partial charge is 0.322 e. The van der Waals surface area contributed by atoms with Crippen LogP contribution in [0.5, 0.6) is 5.88 Å². The number of rotatable bonds is 5. The molecule has 170 valence electrons. The summed E-state index contributed by atoms with van der Waals surface area (Å²) in [6, 6.07) is 0.899. The van der Waals surface area contributed by atoms with E-state index in [9.17, 15) is 9.18 Å². The number of aryl methyl sites for hydroxylation is 1. The van der Waals surface area contributed by atoms with E-state index in [-0.39, 0.29) is 29.6 Å². The van der Waals surface area contributed by atoms with Crippen LogP contribution in [0.2, 0.25) is 0 Å². The van der Waals surface area contributed by atoms with Crippen LogP contribution in [-0.2, 0) is 7.05 Å². The highest BCUT2D eigenvalue weighted by molar-refractivity contribution is 5.90. The van der Waals surface area contributed by atoms with Crippen LogP contribution in [0.25, 0.3) is 11.0 Å². The van der Waals surface area contributed by atoms with E-state index in [0.29, 0.717) is 37.7 Å². The second-order valence-corrected chi connectivity index (χ2v) is 7.49. The minimum atomic E-state index is -0.622. The standard InChI is InChI=1S/C20H26FN9O2/c1-4-13-11-29(20(31)25-12-8-15(21)18(23-9-12)32-5-2)6-7-30(13)17-14-10-24-28(3)16(14)26-19(22)27-17/h8-10,13H,4-7,11H2,1-3H3,(H,25,31)(H2,22,26,27)/t13-/m0/s1. The Morgan fingerprint density at radius 3 is 2.84 bits per heavy atom. The van der Waals surface area contributed by atoms with Crippen molar-refractivity contribution in [3.63, 3.8) is 0 Å². The van der Waals surface area contributed by atoms with Gasteiger partial charge in [-0.15, -0.1) is 0 Å². The molecule has 0 aliphatic carbocycles. The third-order valence-corrected chi connectivity index (χ3v) is 5.44. The Labute approximate surface area is 184 Å². The van der Waals surface area contributed by atoms with Crippen LogP contribution >= 0.6 is 0 Å². The number of nitrogens with zero attached hydrogens (tertiary/aromatic N) is 7. The van der Waals surface area contributed by atoms with E-state index in [1.807, 2.05) is 0 Å². The lowest BCUT2D eigenvalue weighted by Gasteiger charge is -2.41. The van der Waals surface area contributed by atoms with Gasteiger partial charge in [0.1, 0.15) is 5.82 Å². The van der Waals surface area contributed by atoms with Crippen LogP contribution in [0.1, 0.15) is 20.3 Å². The van der Waals surface area contributed by atoms with Crippen molar-refractivity contribution in [3.8, 4) is 5.88 Å². The zero-order valence-corrected chi connectivity index (χ0v) is 18.2. The Morgan fingerprint density at radius 1 is 1.31 bits per heavy atom. The molecule has 1 aliphatic rings. The van der Waals surface area contributed by atoms with Gasteiger partial charge in [-0.05, 0) is 13.3 Å². The molecule has 0 radical (unpaired) electrons. The fourth-order valence-electron chi connectivity index (χ4n) is 3.85. The molecular formula is C20H26FN9O2. The molecule has 0 unspecified atom stereocenters. The second kappa shape index (κ2) is 8.81. The van der Waals surface area contributed by atoms with E-state index < -0.39 is 5.82 Å². The summed E-state index contributed by atoms with van der Waals surface area (Å²) in [5.74, 6) is 0.181. The number of nitrogen functional groups attached to an aromatic ring is 1. The maximum absolute atomic E-state index is 14.1. The number of aromatic nitrogens is 5. The van der Waals surface area contributed by atoms with Crippen LogP contribution < -0.4 is 20.7 Å². The molecule has 0 bridgehead atoms. The molecule has 1 atom stereocenters. The number of hydrogen-bond acceptors (Lipinski definition) is 8. The molecule has 4 heterocycles. The Kier molecular flexibility index (Phi) is 5.93. The molecule has 11 nitrogen and oxygen atoms in total. The number of amides is 2. The Balaban J connectivity index is 1.49. The second-order valence-electron chi connectivity index (χ2n) is 7.49. The lowest BCUT2D eigenvalue weighted by atomic mass is 10.1. The quantitative estimate of drug-likeness (QED) is 0.613. The molecule has 3 aromatic heterocycles. The SMILES string of the molecule is CCOc1ncc(NC(=O)N2CCN(c3nc(N)nc4c3cnn4C)[C@@H](CC)C2)cc1F. The van der Waals surface area contributed by atoms with Gasteiger partial charge in [0, 0.05) is 38.8 Å². The van der Waals surface area contributed by atoms with Crippen LogP contribution in [0.4, 0.5) is 26.6 Å². The molecule has 1 fully saturated rings. The van der Waals surface area contributed by atoms with E-state index in [0.717, 1.165) is 11.8 Å². The first-order valence-corrected chi connectivity index (χ1v) is 10.5. The Morgan fingerprint density at radius 2 is 2.12 bits per heavy atom. The molecule has 3 N–H and O–H groups in total. The summed E-state index contributed by atoms with van der Waals surface area (Å²) in [6.07, 6.45) is 3.89. The minimum absolute atomic E-state index is 0.0161. The summed E-state index contributed by atoms with van der Waals surface area (Å²) in [4.78, 5) is 29.3. The van der Waals surface area contributed by atoms with E-state index in [2.05, 4.69) is 37.2 Å². The van der Waals surface area contributed by atoms with E-state index in [1.165, 1.54) is 12.3 Å². The number of carbonyl (C=O) groups is 1. The number of anilines is 3. The Hall–Kier alpha value is -3.70. The lowest BCUT2D eigenvalue weighted by Crippen LogP contribution is -2.56. The summed E-state index contributed by atoms with van der Waals surface area (Å²) in [6.45, 7) is 5.59. The normalized spacial score (nSPS) is 16.4. The Bertz CT molecular complexity index is 1140. The number of nitrogens with two attached hydrogens (primary N) is 1. The fraction of sp³-hybridized carbons (Fsp3) is 0.450. The number of halogens is 1. The molecule has 1 saturated heterocycles. The van der Waals surface area contributed by atoms with E-state index in [4.69, 9.17) is 10.5 Å². The largest absolute Gasteiger partial charge is 0.476 e. The number of pyridine rings is 1. The number of urea groups is 1. The summed E-state index contributed by atoms with van der Waals surface area (Å²) >= 11 is 0. The summed E-state index contributed by atoms with van der Waals surface area (Å²) in [5, 5.41) is 7.80. The highest BCUT2D eigenvalue weighted by atomic mass is 19.1. The maximum Gasteiger partial charge on any atom is 0.322 e. The van der Waals surface area contributed by atoms with Crippen LogP contribution in [0, 0.1) is 5.82 Å². The predicted molar refractivity (Wildman–Crippen MR) is 118 cm³/mol. The van der Waals surface area contributed by atoms with E-state index >= 15 is 0 Å².